The predicted octanol–water partition coefficient (Wildman–Crippen LogP) is 2.23. The molecule has 1 saturated heterocycles. The molecule has 6 nitrogen and oxygen atoms in total. The Hall–Kier alpha value is -2.37. The number of nitrogens with zero attached hydrogens (tertiary/aromatic N) is 1. The second-order valence-corrected chi connectivity index (χ2v) is 8.11. The van der Waals surface area contributed by atoms with Crippen LogP contribution >= 0.6 is 0 Å². The quantitative estimate of drug-likeness (QED) is 0.831. The average Bonchev–Trinajstić information content (AvgIpc) is 2.65. The van der Waals surface area contributed by atoms with E-state index in [-0.39, 0.29) is 35.7 Å². The number of likely N-dealkylation sites (tertiary alicyclic amines) is 1. The van der Waals surface area contributed by atoms with Gasteiger partial charge in [0.1, 0.15) is 0 Å². The van der Waals surface area contributed by atoms with Crippen molar-refractivity contribution in [2.75, 3.05) is 19.6 Å². The van der Waals surface area contributed by atoms with Gasteiger partial charge in [0.2, 0.25) is 11.8 Å². The normalized spacial score (nSPS) is 17.3. The van der Waals surface area contributed by atoms with Crippen LogP contribution in [0.2, 0.25) is 0 Å². The Labute approximate surface area is 161 Å². The Bertz CT molecular complexity index is 677. The smallest absolute Gasteiger partial charge is 0.251 e. The maximum atomic E-state index is 12.4. The highest BCUT2D eigenvalue weighted by molar-refractivity contribution is 5.96. The summed E-state index contributed by atoms with van der Waals surface area (Å²) >= 11 is 0. The molecule has 1 aliphatic heterocycles. The predicted molar refractivity (Wildman–Crippen MR) is 106 cm³/mol. The third kappa shape index (κ3) is 6.08. The fraction of sp³-hybridized carbons (Fsp3) is 0.571. The van der Waals surface area contributed by atoms with Crippen LogP contribution in [0.5, 0.6) is 0 Å². The molecule has 0 radical (unpaired) electrons. The van der Waals surface area contributed by atoms with E-state index in [1.54, 1.807) is 17.0 Å². The Kier molecular flexibility index (Phi) is 6.99. The lowest BCUT2D eigenvalue weighted by Crippen LogP contribution is -2.51. The van der Waals surface area contributed by atoms with E-state index < -0.39 is 0 Å². The van der Waals surface area contributed by atoms with E-state index in [1.807, 2.05) is 19.1 Å². The minimum Gasteiger partial charge on any atom is -0.352 e. The summed E-state index contributed by atoms with van der Waals surface area (Å²) in [5.41, 5.74) is 1.73. The molecule has 1 fully saturated rings. The fourth-order valence-electron chi connectivity index (χ4n) is 3.14. The number of hydrogen-bond donors (Lipinski definition) is 2. The van der Waals surface area contributed by atoms with Gasteiger partial charge < -0.3 is 15.5 Å². The van der Waals surface area contributed by atoms with Crippen molar-refractivity contribution in [2.24, 2.45) is 0 Å². The lowest BCUT2D eigenvalue weighted by Gasteiger charge is -2.33. The van der Waals surface area contributed by atoms with Crippen LogP contribution in [0.3, 0.4) is 0 Å². The van der Waals surface area contributed by atoms with Crippen LogP contribution in [-0.4, -0.2) is 48.3 Å². The topological polar surface area (TPSA) is 78.5 Å². The zero-order valence-corrected chi connectivity index (χ0v) is 16.8. The summed E-state index contributed by atoms with van der Waals surface area (Å²) in [7, 11) is 0. The molecule has 0 aromatic heterocycles. The molecule has 27 heavy (non-hydrogen) atoms. The molecule has 1 aliphatic rings. The van der Waals surface area contributed by atoms with Crippen molar-refractivity contribution in [3.8, 4) is 0 Å². The Morgan fingerprint density at radius 1 is 1.15 bits per heavy atom. The molecule has 3 amide bonds. The molecule has 6 heteroatoms. The summed E-state index contributed by atoms with van der Waals surface area (Å²) in [6.45, 7) is 9.30. The van der Waals surface area contributed by atoms with Crippen LogP contribution in [0.4, 0.5) is 0 Å². The van der Waals surface area contributed by atoms with Gasteiger partial charge in [0.05, 0.1) is 6.54 Å². The second kappa shape index (κ2) is 9.02. The molecule has 148 valence electrons. The van der Waals surface area contributed by atoms with Crippen LogP contribution in [0, 0.1) is 0 Å². The third-order valence-corrected chi connectivity index (χ3v) is 4.87. The van der Waals surface area contributed by atoms with Crippen molar-refractivity contribution >= 4 is 17.7 Å². The fourth-order valence-corrected chi connectivity index (χ4v) is 3.14. The largest absolute Gasteiger partial charge is 0.352 e. The van der Waals surface area contributed by atoms with E-state index in [0.717, 1.165) is 18.4 Å². The van der Waals surface area contributed by atoms with Gasteiger partial charge in [0.25, 0.3) is 5.91 Å². The molecule has 2 N–H and O–H groups in total. The lowest BCUT2D eigenvalue weighted by atomic mass is 9.87. The molecular weight excluding hydrogens is 342 g/mol. The molecule has 0 saturated carbocycles. The van der Waals surface area contributed by atoms with Crippen LogP contribution in [0.15, 0.2) is 24.3 Å². The summed E-state index contributed by atoms with van der Waals surface area (Å²) in [6.07, 6.45) is 2.17. The SMILES string of the molecule is CCC(=O)NC1CCCN(C(=O)CNC(=O)c2ccc(C(C)(C)C)cc2)C1. The van der Waals surface area contributed by atoms with Gasteiger partial charge in [-0.2, -0.15) is 0 Å². The number of amides is 3. The number of nitrogens with one attached hydrogen (secondary N) is 2. The van der Waals surface area contributed by atoms with Crippen molar-refractivity contribution in [3.05, 3.63) is 35.4 Å². The van der Waals surface area contributed by atoms with Crippen molar-refractivity contribution in [1.82, 2.24) is 15.5 Å². The third-order valence-electron chi connectivity index (χ3n) is 4.87. The minimum absolute atomic E-state index is 0.00121. The lowest BCUT2D eigenvalue weighted by molar-refractivity contribution is -0.132. The average molecular weight is 373 g/mol. The molecule has 1 unspecified atom stereocenters. The molecule has 2 rings (SSSR count). The van der Waals surface area contributed by atoms with Gasteiger partial charge in [-0.25, -0.2) is 0 Å². The van der Waals surface area contributed by atoms with Crippen LogP contribution in [0.25, 0.3) is 0 Å². The maximum absolute atomic E-state index is 12.4. The van der Waals surface area contributed by atoms with Crippen molar-refractivity contribution in [2.45, 2.75) is 58.4 Å². The van der Waals surface area contributed by atoms with Crippen LogP contribution in [-0.2, 0) is 15.0 Å². The number of carbonyl (C=O) groups is 3. The van der Waals surface area contributed by atoms with Crippen LogP contribution < -0.4 is 10.6 Å². The highest BCUT2D eigenvalue weighted by Crippen LogP contribution is 2.22. The molecule has 0 aliphatic carbocycles. The Balaban J connectivity index is 1.85. The highest BCUT2D eigenvalue weighted by atomic mass is 16.2. The molecular formula is C21H31N3O3. The highest BCUT2D eigenvalue weighted by Gasteiger charge is 2.24. The van der Waals surface area contributed by atoms with Gasteiger partial charge in [-0.15, -0.1) is 0 Å². The van der Waals surface area contributed by atoms with E-state index in [1.165, 1.54) is 0 Å². The zero-order valence-electron chi connectivity index (χ0n) is 16.8. The van der Waals surface area contributed by atoms with Gasteiger partial charge in [-0.1, -0.05) is 39.8 Å². The summed E-state index contributed by atoms with van der Waals surface area (Å²) in [4.78, 5) is 38.0. The molecule has 1 aromatic rings. The Morgan fingerprint density at radius 3 is 2.41 bits per heavy atom. The first-order valence-electron chi connectivity index (χ1n) is 9.66. The zero-order chi connectivity index (χ0) is 20.0. The van der Waals surface area contributed by atoms with Crippen molar-refractivity contribution in [1.29, 1.82) is 0 Å². The van der Waals surface area contributed by atoms with Gasteiger partial charge in [-0.3, -0.25) is 14.4 Å². The molecule has 1 heterocycles. The second-order valence-electron chi connectivity index (χ2n) is 8.11. The number of hydrogen-bond acceptors (Lipinski definition) is 3. The molecule has 0 bridgehead atoms. The van der Waals surface area contributed by atoms with E-state index in [4.69, 9.17) is 0 Å². The number of benzene rings is 1. The molecule has 1 atom stereocenters. The summed E-state index contributed by atoms with van der Waals surface area (Å²) in [5, 5.41) is 5.64. The molecule has 1 aromatic carbocycles. The Morgan fingerprint density at radius 2 is 1.81 bits per heavy atom. The standard InChI is InChI=1S/C21H31N3O3/c1-5-18(25)23-17-7-6-12-24(14-17)19(26)13-22-20(27)15-8-10-16(11-9-15)21(2,3)4/h8-11,17H,5-7,12-14H2,1-4H3,(H,22,27)(H,23,25). The number of piperidine rings is 1. The van der Waals surface area contributed by atoms with Gasteiger partial charge in [-0.05, 0) is 36.0 Å². The summed E-state index contributed by atoms with van der Waals surface area (Å²) in [6, 6.07) is 7.47. The summed E-state index contributed by atoms with van der Waals surface area (Å²) in [5.74, 6) is -0.372. The van der Waals surface area contributed by atoms with E-state index >= 15 is 0 Å². The number of carbonyl (C=O) groups excluding carboxylic acids is 3. The van der Waals surface area contributed by atoms with Gasteiger partial charge in [0.15, 0.2) is 0 Å². The maximum Gasteiger partial charge on any atom is 0.251 e. The van der Waals surface area contributed by atoms with E-state index in [2.05, 4.69) is 31.4 Å². The first-order chi connectivity index (χ1) is 12.7. The first kappa shape index (κ1) is 20.9. The van der Waals surface area contributed by atoms with Crippen LogP contribution in [0.1, 0.15) is 62.9 Å². The van der Waals surface area contributed by atoms with Crippen molar-refractivity contribution in [3.63, 3.8) is 0 Å². The first-order valence-corrected chi connectivity index (χ1v) is 9.66. The van der Waals surface area contributed by atoms with Gasteiger partial charge in [0, 0.05) is 31.1 Å². The van der Waals surface area contributed by atoms with Gasteiger partial charge >= 0.3 is 0 Å². The minimum atomic E-state index is -0.253. The number of rotatable bonds is 5. The van der Waals surface area contributed by atoms with E-state index in [0.29, 0.717) is 25.1 Å². The summed E-state index contributed by atoms with van der Waals surface area (Å²) < 4.78 is 0. The molecule has 0 spiro atoms. The monoisotopic (exact) mass is 373 g/mol. The van der Waals surface area contributed by atoms with E-state index in [9.17, 15) is 14.4 Å². The van der Waals surface area contributed by atoms with Crippen molar-refractivity contribution < 1.29 is 14.4 Å².